The minimum absolute atomic E-state index is 0.0405. The predicted octanol–water partition coefficient (Wildman–Crippen LogP) is 3.19. The van der Waals surface area contributed by atoms with Crippen LogP contribution >= 0.6 is 0 Å². The first-order chi connectivity index (χ1) is 15.5. The number of benzene rings is 2. The molecule has 1 aliphatic rings. The number of nitrogens with one attached hydrogen (secondary N) is 2. The predicted molar refractivity (Wildman–Crippen MR) is 116 cm³/mol. The lowest BCUT2D eigenvalue weighted by atomic mass is 9.98. The zero-order valence-corrected chi connectivity index (χ0v) is 17.2. The number of alkyl carbamates (subject to hydrolysis) is 1. The molecule has 0 aliphatic heterocycles. The van der Waals surface area contributed by atoms with Gasteiger partial charge in [0.2, 0.25) is 5.91 Å². The Morgan fingerprint density at radius 3 is 2.31 bits per heavy atom. The standard InChI is InChI=1S/C22H23N5O5/c23-27-25-12-11-24-21(30)19(9-10-20(28)29)26-22(31)32-13-18-16-7-3-1-5-14(16)15-6-2-4-8-17(15)18/h1-8,18-19H,9-13H2,(H,24,30)(H,26,31)(H,28,29)/t19-/m1/s1. The van der Waals surface area contributed by atoms with E-state index in [1.807, 2.05) is 48.5 Å². The average Bonchev–Trinajstić information content (AvgIpc) is 3.11. The summed E-state index contributed by atoms with van der Waals surface area (Å²) in [5.41, 5.74) is 12.6. The van der Waals surface area contributed by atoms with Gasteiger partial charge in [-0.25, -0.2) is 4.79 Å². The van der Waals surface area contributed by atoms with Crippen LogP contribution in [0.4, 0.5) is 4.79 Å². The van der Waals surface area contributed by atoms with Crippen LogP contribution in [0.1, 0.15) is 29.9 Å². The highest BCUT2D eigenvalue weighted by atomic mass is 16.5. The summed E-state index contributed by atoms with van der Waals surface area (Å²) in [5, 5.41) is 17.2. The molecule has 3 rings (SSSR count). The number of carbonyl (C=O) groups is 3. The second-order valence-electron chi connectivity index (χ2n) is 7.20. The first kappa shape index (κ1) is 22.6. The molecule has 32 heavy (non-hydrogen) atoms. The van der Waals surface area contributed by atoms with Crippen LogP contribution in [0.5, 0.6) is 0 Å². The fraction of sp³-hybridized carbons (Fsp3) is 0.318. The molecule has 0 saturated heterocycles. The van der Waals surface area contributed by atoms with Crippen molar-refractivity contribution in [1.82, 2.24) is 10.6 Å². The summed E-state index contributed by atoms with van der Waals surface area (Å²) in [6.07, 6.45) is -1.22. The number of hydrogen-bond acceptors (Lipinski definition) is 5. The molecule has 10 heteroatoms. The van der Waals surface area contributed by atoms with E-state index in [0.29, 0.717) is 0 Å². The first-order valence-corrected chi connectivity index (χ1v) is 10.1. The highest BCUT2D eigenvalue weighted by Crippen LogP contribution is 2.44. The Balaban J connectivity index is 1.62. The van der Waals surface area contributed by atoms with Crippen molar-refractivity contribution in [2.75, 3.05) is 19.7 Å². The quantitative estimate of drug-likeness (QED) is 0.225. The molecule has 0 heterocycles. The molecule has 3 N–H and O–H groups in total. The van der Waals surface area contributed by atoms with Crippen LogP contribution in [0.25, 0.3) is 21.6 Å². The number of ether oxygens (including phenoxy) is 1. The van der Waals surface area contributed by atoms with Gasteiger partial charge in [0.05, 0.1) is 0 Å². The van der Waals surface area contributed by atoms with E-state index < -0.39 is 24.0 Å². The molecule has 0 spiro atoms. The fourth-order valence-electron chi connectivity index (χ4n) is 3.72. The minimum atomic E-state index is -1.09. The van der Waals surface area contributed by atoms with E-state index in [-0.39, 0.29) is 38.5 Å². The van der Waals surface area contributed by atoms with Crippen LogP contribution in [0, 0.1) is 0 Å². The van der Waals surface area contributed by atoms with E-state index in [2.05, 4.69) is 20.7 Å². The van der Waals surface area contributed by atoms with E-state index >= 15 is 0 Å². The van der Waals surface area contributed by atoms with Crippen molar-refractivity contribution in [2.45, 2.75) is 24.8 Å². The van der Waals surface area contributed by atoms with Crippen LogP contribution in [0.2, 0.25) is 0 Å². The van der Waals surface area contributed by atoms with Gasteiger partial charge < -0.3 is 20.5 Å². The van der Waals surface area contributed by atoms with Gasteiger partial charge in [0.25, 0.3) is 0 Å². The van der Waals surface area contributed by atoms with Gasteiger partial charge in [0.1, 0.15) is 12.6 Å². The van der Waals surface area contributed by atoms with Crippen molar-refractivity contribution in [3.63, 3.8) is 0 Å². The summed E-state index contributed by atoms with van der Waals surface area (Å²) < 4.78 is 5.43. The van der Waals surface area contributed by atoms with E-state index in [9.17, 15) is 14.4 Å². The number of rotatable bonds is 10. The Morgan fingerprint density at radius 1 is 1.09 bits per heavy atom. The molecule has 10 nitrogen and oxygen atoms in total. The van der Waals surface area contributed by atoms with Crippen LogP contribution in [0.3, 0.4) is 0 Å². The van der Waals surface area contributed by atoms with Crippen LogP contribution in [-0.4, -0.2) is 48.8 Å². The molecule has 1 aliphatic carbocycles. The number of nitrogens with zero attached hydrogens (tertiary/aromatic N) is 3. The first-order valence-electron chi connectivity index (χ1n) is 10.1. The second kappa shape index (κ2) is 10.8. The Morgan fingerprint density at radius 2 is 1.72 bits per heavy atom. The SMILES string of the molecule is [N-]=[N+]=NCCNC(=O)[C@@H](CCC(=O)O)NC(=O)OCC1c2ccccc2-c2ccccc21. The number of amides is 2. The van der Waals surface area contributed by atoms with Crippen LogP contribution in [0.15, 0.2) is 53.6 Å². The van der Waals surface area contributed by atoms with Crippen molar-refractivity contribution < 1.29 is 24.2 Å². The van der Waals surface area contributed by atoms with Gasteiger partial charge in [-0.05, 0) is 34.2 Å². The average molecular weight is 437 g/mol. The van der Waals surface area contributed by atoms with Gasteiger partial charge in [0.15, 0.2) is 0 Å². The highest BCUT2D eigenvalue weighted by molar-refractivity contribution is 5.86. The fourth-order valence-corrected chi connectivity index (χ4v) is 3.72. The molecule has 2 aromatic rings. The lowest BCUT2D eigenvalue weighted by molar-refractivity contribution is -0.137. The molecular weight excluding hydrogens is 414 g/mol. The molecule has 2 aromatic carbocycles. The number of fused-ring (bicyclic) bond motifs is 3. The smallest absolute Gasteiger partial charge is 0.407 e. The number of azide groups is 1. The third-order valence-electron chi connectivity index (χ3n) is 5.17. The summed E-state index contributed by atoms with van der Waals surface area (Å²) in [5.74, 6) is -1.80. The van der Waals surface area contributed by atoms with E-state index in [1.54, 1.807) is 0 Å². The van der Waals surface area contributed by atoms with Gasteiger partial charge >= 0.3 is 12.1 Å². The molecule has 2 amide bonds. The summed E-state index contributed by atoms with van der Waals surface area (Å²) in [6.45, 7) is 0.182. The maximum absolute atomic E-state index is 12.4. The van der Waals surface area contributed by atoms with Crippen LogP contribution in [-0.2, 0) is 14.3 Å². The molecule has 166 valence electrons. The lowest BCUT2D eigenvalue weighted by Crippen LogP contribution is -2.47. The van der Waals surface area contributed by atoms with Crippen molar-refractivity contribution >= 4 is 18.0 Å². The van der Waals surface area contributed by atoms with Gasteiger partial charge in [-0.1, -0.05) is 53.6 Å². The number of hydrogen-bond donors (Lipinski definition) is 3. The molecule has 0 bridgehead atoms. The van der Waals surface area contributed by atoms with Gasteiger partial charge in [0, 0.05) is 30.3 Å². The number of carboxylic acids is 1. The second-order valence-corrected chi connectivity index (χ2v) is 7.20. The molecule has 0 aromatic heterocycles. The van der Waals surface area contributed by atoms with E-state index in [0.717, 1.165) is 22.3 Å². The largest absolute Gasteiger partial charge is 0.481 e. The van der Waals surface area contributed by atoms with Gasteiger partial charge in [-0.2, -0.15) is 0 Å². The number of carbonyl (C=O) groups excluding carboxylic acids is 2. The van der Waals surface area contributed by atoms with E-state index in [1.165, 1.54) is 0 Å². The molecule has 0 fully saturated rings. The zero-order chi connectivity index (χ0) is 22.9. The number of carboxylic acid groups (broad SMARTS) is 1. The number of aliphatic carboxylic acids is 1. The van der Waals surface area contributed by atoms with Gasteiger partial charge in [-0.15, -0.1) is 0 Å². The zero-order valence-electron chi connectivity index (χ0n) is 17.2. The van der Waals surface area contributed by atoms with Crippen molar-refractivity contribution in [3.8, 4) is 11.1 Å². The lowest BCUT2D eigenvalue weighted by Gasteiger charge is -2.19. The summed E-state index contributed by atoms with van der Waals surface area (Å²) in [6, 6.07) is 14.7. The van der Waals surface area contributed by atoms with Crippen molar-refractivity contribution in [2.24, 2.45) is 5.11 Å². The molecule has 0 unspecified atom stereocenters. The molecule has 1 atom stereocenters. The Hall–Kier alpha value is -4.04. The topological polar surface area (TPSA) is 153 Å². The van der Waals surface area contributed by atoms with Crippen molar-refractivity contribution in [1.29, 1.82) is 0 Å². The van der Waals surface area contributed by atoms with E-state index in [4.69, 9.17) is 15.4 Å². The minimum Gasteiger partial charge on any atom is -0.481 e. The molecule has 0 radical (unpaired) electrons. The Labute approximate surface area is 184 Å². The molecule has 0 saturated carbocycles. The third kappa shape index (κ3) is 5.55. The Bertz CT molecular complexity index is 1010. The maximum Gasteiger partial charge on any atom is 0.407 e. The summed E-state index contributed by atoms with van der Waals surface area (Å²) in [7, 11) is 0. The molecular formula is C22H23N5O5. The highest BCUT2D eigenvalue weighted by Gasteiger charge is 2.29. The third-order valence-corrected chi connectivity index (χ3v) is 5.17. The Kier molecular flexibility index (Phi) is 7.66. The van der Waals surface area contributed by atoms with Crippen molar-refractivity contribution in [3.05, 3.63) is 70.1 Å². The summed E-state index contributed by atoms with van der Waals surface area (Å²) >= 11 is 0. The normalized spacial score (nSPS) is 12.6. The summed E-state index contributed by atoms with van der Waals surface area (Å²) in [4.78, 5) is 38.3. The van der Waals surface area contributed by atoms with Gasteiger partial charge in [-0.3, -0.25) is 9.59 Å². The van der Waals surface area contributed by atoms with Crippen LogP contribution < -0.4 is 10.6 Å². The maximum atomic E-state index is 12.4. The monoisotopic (exact) mass is 437 g/mol.